The Morgan fingerprint density at radius 2 is 1.84 bits per heavy atom. The first kappa shape index (κ1) is 14.4. The quantitative estimate of drug-likeness (QED) is 0.739. The van der Waals surface area contributed by atoms with Gasteiger partial charge in [0.2, 0.25) is 0 Å². The van der Waals surface area contributed by atoms with E-state index >= 15 is 0 Å². The highest BCUT2D eigenvalue weighted by Gasteiger charge is 2.10. The molecule has 0 saturated heterocycles. The molecule has 102 valence electrons. The van der Waals surface area contributed by atoms with Crippen LogP contribution in [0.2, 0.25) is 0 Å². The van der Waals surface area contributed by atoms with Gasteiger partial charge >= 0.3 is 0 Å². The molecule has 1 nitrogen and oxygen atoms in total. The van der Waals surface area contributed by atoms with Crippen molar-refractivity contribution >= 4 is 23.4 Å². The number of hydrogen-bond acceptors (Lipinski definition) is 2. The van der Waals surface area contributed by atoms with E-state index in [9.17, 15) is 0 Å². The van der Waals surface area contributed by atoms with Gasteiger partial charge in [0.25, 0.3) is 0 Å². The molecule has 0 fully saturated rings. The topological polar surface area (TPSA) is 9.23 Å². The third kappa shape index (κ3) is 3.74. The fraction of sp³-hybridized carbons (Fsp3) is 0.412. The van der Waals surface area contributed by atoms with Crippen molar-refractivity contribution in [2.24, 2.45) is 5.92 Å². The second-order valence-electron chi connectivity index (χ2n) is 5.04. The molecule has 2 atom stereocenters. The summed E-state index contributed by atoms with van der Waals surface area (Å²) in [7, 11) is 0. The minimum atomic E-state index is 0.138. The summed E-state index contributed by atoms with van der Waals surface area (Å²) in [4.78, 5) is 0. The Morgan fingerprint density at radius 1 is 1.11 bits per heavy atom. The summed E-state index contributed by atoms with van der Waals surface area (Å²) in [5, 5.41) is 2.55. The summed E-state index contributed by atoms with van der Waals surface area (Å²) >= 11 is 4.35. The SMILES string of the molecule is CCC(CS)COC(C)c1ccc2ccccc2c1. The lowest BCUT2D eigenvalue weighted by molar-refractivity contribution is 0.0436. The van der Waals surface area contributed by atoms with E-state index in [1.165, 1.54) is 16.3 Å². The summed E-state index contributed by atoms with van der Waals surface area (Å²) in [5.74, 6) is 1.44. The molecule has 2 unspecified atom stereocenters. The van der Waals surface area contributed by atoms with Crippen LogP contribution in [0.4, 0.5) is 0 Å². The molecule has 0 saturated carbocycles. The summed E-state index contributed by atoms with van der Waals surface area (Å²) in [6.07, 6.45) is 1.26. The molecule has 0 amide bonds. The molecule has 2 rings (SSSR count). The zero-order chi connectivity index (χ0) is 13.7. The average Bonchev–Trinajstić information content (AvgIpc) is 2.47. The summed E-state index contributed by atoms with van der Waals surface area (Å²) in [5.41, 5.74) is 1.24. The Hall–Kier alpha value is -0.990. The van der Waals surface area contributed by atoms with Crippen LogP contribution in [-0.4, -0.2) is 12.4 Å². The third-order valence-electron chi connectivity index (χ3n) is 3.66. The number of thiol groups is 1. The molecule has 2 aromatic carbocycles. The van der Waals surface area contributed by atoms with E-state index in [-0.39, 0.29) is 6.10 Å². The van der Waals surface area contributed by atoms with Crippen molar-refractivity contribution in [3.63, 3.8) is 0 Å². The summed E-state index contributed by atoms with van der Waals surface area (Å²) in [6.45, 7) is 5.09. The van der Waals surface area contributed by atoms with Crippen molar-refractivity contribution in [3.05, 3.63) is 48.0 Å². The van der Waals surface area contributed by atoms with Crippen LogP contribution < -0.4 is 0 Å². The maximum atomic E-state index is 5.97. The molecule has 0 heterocycles. The third-order valence-corrected chi connectivity index (χ3v) is 4.18. The Labute approximate surface area is 121 Å². The van der Waals surface area contributed by atoms with Crippen molar-refractivity contribution in [2.45, 2.75) is 26.4 Å². The molecular formula is C17H22OS. The van der Waals surface area contributed by atoms with Gasteiger partial charge in [0.15, 0.2) is 0 Å². The largest absolute Gasteiger partial charge is 0.374 e. The lowest BCUT2D eigenvalue weighted by Gasteiger charge is -2.18. The summed E-state index contributed by atoms with van der Waals surface area (Å²) in [6, 6.07) is 15.0. The molecule has 0 N–H and O–H groups in total. The minimum Gasteiger partial charge on any atom is -0.374 e. The van der Waals surface area contributed by atoms with Crippen LogP contribution in [0.5, 0.6) is 0 Å². The van der Waals surface area contributed by atoms with Gasteiger partial charge in [-0.15, -0.1) is 0 Å². The van der Waals surface area contributed by atoms with Gasteiger partial charge in [0.1, 0.15) is 0 Å². The first-order chi connectivity index (χ1) is 9.24. The molecule has 0 radical (unpaired) electrons. The van der Waals surface area contributed by atoms with Crippen LogP contribution >= 0.6 is 12.6 Å². The molecule has 0 aliphatic rings. The molecule has 0 bridgehead atoms. The van der Waals surface area contributed by atoms with Crippen molar-refractivity contribution < 1.29 is 4.74 Å². The van der Waals surface area contributed by atoms with E-state index in [1.807, 2.05) is 0 Å². The number of ether oxygens (including phenoxy) is 1. The molecule has 19 heavy (non-hydrogen) atoms. The van der Waals surface area contributed by atoms with Crippen LogP contribution in [0.1, 0.15) is 31.9 Å². The minimum absolute atomic E-state index is 0.138. The van der Waals surface area contributed by atoms with E-state index in [0.29, 0.717) is 5.92 Å². The van der Waals surface area contributed by atoms with Gasteiger partial charge in [-0.05, 0) is 41.0 Å². The molecular weight excluding hydrogens is 252 g/mol. The maximum Gasteiger partial charge on any atom is 0.0797 e. The highest BCUT2D eigenvalue weighted by Crippen LogP contribution is 2.23. The first-order valence-corrected chi connectivity index (χ1v) is 7.59. The molecule has 0 aliphatic carbocycles. The fourth-order valence-electron chi connectivity index (χ4n) is 2.14. The lowest BCUT2D eigenvalue weighted by atomic mass is 10.0. The average molecular weight is 274 g/mol. The van der Waals surface area contributed by atoms with Gasteiger partial charge in [-0.1, -0.05) is 49.7 Å². The molecule has 2 aromatic rings. The van der Waals surface area contributed by atoms with Crippen molar-refractivity contribution in [1.82, 2.24) is 0 Å². The van der Waals surface area contributed by atoms with Crippen LogP contribution in [0, 0.1) is 5.92 Å². The van der Waals surface area contributed by atoms with Gasteiger partial charge < -0.3 is 4.74 Å². The van der Waals surface area contributed by atoms with Crippen LogP contribution in [0.25, 0.3) is 10.8 Å². The van der Waals surface area contributed by atoms with Crippen molar-refractivity contribution in [3.8, 4) is 0 Å². The van der Waals surface area contributed by atoms with Gasteiger partial charge in [-0.25, -0.2) is 0 Å². The van der Waals surface area contributed by atoms with Gasteiger partial charge in [0, 0.05) is 0 Å². The Morgan fingerprint density at radius 3 is 2.53 bits per heavy atom. The maximum absolute atomic E-state index is 5.97. The Balaban J connectivity index is 2.06. The zero-order valence-corrected chi connectivity index (χ0v) is 12.6. The van der Waals surface area contributed by atoms with Crippen LogP contribution in [0.3, 0.4) is 0 Å². The number of rotatable bonds is 6. The predicted molar refractivity (Wildman–Crippen MR) is 85.9 cm³/mol. The van der Waals surface area contributed by atoms with E-state index < -0.39 is 0 Å². The van der Waals surface area contributed by atoms with E-state index in [2.05, 4.69) is 68.9 Å². The van der Waals surface area contributed by atoms with E-state index in [1.54, 1.807) is 0 Å². The molecule has 2 heteroatoms. The van der Waals surface area contributed by atoms with Crippen LogP contribution in [-0.2, 0) is 4.74 Å². The normalized spacial score (nSPS) is 14.5. The van der Waals surface area contributed by atoms with Gasteiger partial charge in [-0.2, -0.15) is 12.6 Å². The monoisotopic (exact) mass is 274 g/mol. The van der Waals surface area contributed by atoms with Crippen molar-refractivity contribution in [1.29, 1.82) is 0 Å². The Kier molecular flexibility index (Phi) is 5.29. The molecule has 0 aliphatic heterocycles. The first-order valence-electron chi connectivity index (χ1n) is 6.95. The fourth-order valence-corrected chi connectivity index (χ4v) is 2.50. The number of fused-ring (bicyclic) bond motifs is 1. The predicted octanol–water partition coefficient (Wildman–Crippen LogP) is 4.87. The smallest absolute Gasteiger partial charge is 0.0797 e. The van der Waals surface area contributed by atoms with E-state index in [0.717, 1.165) is 18.8 Å². The van der Waals surface area contributed by atoms with Gasteiger partial charge in [-0.3, -0.25) is 0 Å². The number of benzene rings is 2. The van der Waals surface area contributed by atoms with E-state index in [4.69, 9.17) is 4.74 Å². The van der Waals surface area contributed by atoms with Gasteiger partial charge in [0.05, 0.1) is 12.7 Å². The summed E-state index contributed by atoms with van der Waals surface area (Å²) < 4.78 is 5.97. The second kappa shape index (κ2) is 6.97. The standard InChI is InChI=1S/C17H22OS/c1-3-14(12-19)11-18-13(2)16-9-8-15-6-4-5-7-17(15)10-16/h4-10,13-14,19H,3,11-12H2,1-2H3. The highest BCUT2D eigenvalue weighted by atomic mass is 32.1. The van der Waals surface area contributed by atoms with Crippen LogP contribution in [0.15, 0.2) is 42.5 Å². The highest BCUT2D eigenvalue weighted by molar-refractivity contribution is 7.80. The second-order valence-corrected chi connectivity index (χ2v) is 5.40. The van der Waals surface area contributed by atoms with Crippen molar-refractivity contribution in [2.75, 3.05) is 12.4 Å². The lowest BCUT2D eigenvalue weighted by Crippen LogP contribution is -2.12. The Bertz CT molecular complexity index is 519. The molecule has 0 spiro atoms. The zero-order valence-electron chi connectivity index (χ0n) is 11.7. The number of hydrogen-bond donors (Lipinski definition) is 1. The molecule has 0 aromatic heterocycles.